The van der Waals surface area contributed by atoms with E-state index < -0.39 is 50.7 Å². The fourth-order valence-electron chi connectivity index (χ4n) is 4.85. The number of benzene rings is 2. The number of nitrogens with one attached hydrogen (secondary N) is 1. The van der Waals surface area contributed by atoms with E-state index >= 15 is 4.39 Å². The Kier molecular flexibility index (Phi) is 5.87. The van der Waals surface area contributed by atoms with Gasteiger partial charge in [-0.15, -0.1) is 0 Å². The molecular formula is C24H28F2N2O4S. The molecule has 2 aromatic rings. The van der Waals surface area contributed by atoms with Crippen molar-refractivity contribution in [2.45, 2.75) is 50.8 Å². The van der Waals surface area contributed by atoms with Gasteiger partial charge in [0.15, 0.2) is 0 Å². The predicted octanol–water partition coefficient (Wildman–Crippen LogP) is 2.85. The van der Waals surface area contributed by atoms with Crippen LogP contribution in [-0.4, -0.2) is 54.8 Å². The highest BCUT2D eigenvalue weighted by atomic mass is 32.2. The molecule has 1 saturated carbocycles. The Morgan fingerprint density at radius 3 is 2.45 bits per heavy atom. The quantitative estimate of drug-likeness (QED) is 0.669. The minimum atomic E-state index is -3.60. The van der Waals surface area contributed by atoms with Gasteiger partial charge in [0, 0.05) is 23.6 Å². The molecule has 178 valence electrons. The molecule has 1 saturated heterocycles. The number of carbonyl (C=O) groups excluding carboxylic acids is 1. The van der Waals surface area contributed by atoms with Gasteiger partial charge in [-0.25, -0.2) is 21.9 Å². The van der Waals surface area contributed by atoms with Gasteiger partial charge in [0.2, 0.25) is 10.0 Å². The molecule has 0 aromatic heterocycles. The Morgan fingerprint density at radius 2 is 1.88 bits per heavy atom. The largest absolute Gasteiger partial charge is 0.381 e. The molecule has 33 heavy (non-hydrogen) atoms. The van der Waals surface area contributed by atoms with Crippen LogP contribution in [-0.2, 0) is 21.2 Å². The van der Waals surface area contributed by atoms with Crippen molar-refractivity contribution >= 4 is 15.9 Å². The summed E-state index contributed by atoms with van der Waals surface area (Å²) in [6.07, 6.45) is 2.58. The standard InChI is InChI=1S/C24H28F2N2O4S/c1-23(2,30)22(29)28-14-24(10-11-24)21(27-33(3,31)32)19(28)13-16-7-5-9-18(20(16)26)15-6-4-8-17(25)12-15/h4-9,12,19,21,27,30H,10-11,13-14H2,1-3H3/t19-,21+/m0/s1. The Balaban J connectivity index is 1.74. The van der Waals surface area contributed by atoms with E-state index in [9.17, 15) is 22.7 Å². The van der Waals surface area contributed by atoms with Crippen molar-refractivity contribution in [2.24, 2.45) is 5.41 Å². The van der Waals surface area contributed by atoms with Crippen LogP contribution in [0.2, 0.25) is 0 Å². The highest BCUT2D eigenvalue weighted by Gasteiger charge is 2.62. The third-order valence-electron chi connectivity index (χ3n) is 6.59. The number of carbonyl (C=O) groups is 1. The summed E-state index contributed by atoms with van der Waals surface area (Å²) in [6, 6.07) is 9.14. The minimum Gasteiger partial charge on any atom is -0.381 e. The maximum Gasteiger partial charge on any atom is 0.254 e. The van der Waals surface area contributed by atoms with Gasteiger partial charge >= 0.3 is 0 Å². The molecule has 2 aromatic carbocycles. The van der Waals surface area contributed by atoms with Crippen LogP contribution < -0.4 is 4.72 Å². The lowest BCUT2D eigenvalue weighted by Crippen LogP contribution is -2.53. The second-order valence-corrected chi connectivity index (χ2v) is 11.6. The fourth-order valence-corrected chi connectivity index (χ4v) is 5.72. The van der Waals surface area contributed by atoms with E-state index in [1.807, 2.05) is 0 Å². The van der Waals surface area contributed by atoms with Crippen molar-refractivity contribution < 1.29 is 27.1 Å². The van der Waals surface area contributed by atoms with Crippen LogP contribution in [0.4, 0.5) is 8.78 Å². The van der Waals surface area contributed by atoms with Gasteiger partial charge in [-0.05, 0) is 56.4 Å². The van der Waals surface area contributed by atoms with Crippen LogP contribution in [0.15, 0.2) is 42.5 Å². The zero-order chi connectivity index (χ0) is 24.2. The lowest BCUT2D eigenvalue weighted by molar-refractivity contribution is -0.149. The molecule has 1 spiro atoms. The van der Waals surface area contributed by atoms with E-state index in [0.717, 1.165) is 19.1 Å². The average Bonchev–Trinajstić information content (AvgIpc) is 3.43. The second kappa shape index (κ2) is 8.14. The summed E-state index contributed by atoms with van der Waals surface area (Å²) >= 11 is 0. The molecule has 0 bridgehead atoms. The number of amides is 1. The number of likely N-dealkylation sites (tertiary alicyclic amines) is 1. The number of aliphatic hydroxyl groups is 1. The van der Waals surface area contributed by atoms with Crippen LogP contribution >= 0.6 is 0 Å². The molecule has 0 radical (unpaired) electrons. The second-order valence-electron chi connectivity index (χ2n) is 9.78. The summed E-state index contributed by atoms with van der Waals surface area (Å²) in [5.74, 6) is -1.56. The van der Waals surface area contributed by atoms with Gasteiger partial charge < -0.3 is 10.0 Å². The maximum absolute atomic E-state index is 15.6. The highest BCUT2D eigenvalue weighted by Crippen LogP contribution is 2.56. The fraction of sp³-hybridized carbons (Fsp3) is 0.458. The van der Waals surface area contributed by atoms with Crippen LogP contribution in [0.3, 0.4) is 0 Å². The molecule has 1 aliphatic carbocycles. The maximum atomic E-state index is 15.6. The number of nitrogens with zero attached hydrogens (tertiary/aromatic N) is 1. The van der Waals surface area contributed by atoms with E-state index in [1.165, 1.54) is 36.9 Å². The summed E-state index contributed by atoms with van der Waals surface area (Å²) in [6.45, 7) is 3.06. The van der Waals surface area contributed by atoms with Crippen molar-refractivity contribution in [3.63, 3.8) is 0 Å². The molecule has 6 nitrogen and oxygen atoms in total. The summed E-state index contributed by atoms with van der Waals surface area (Å²) in [5, 5.41) is 10.4. The van der Waals surface area contributed by atoms with E-state index in [-0.39, 0.29) is 17.5 Å². The Hall–Kier alpha value is -2.36. The van der Waals surface area contributed by atoms with Crippen LogP contribution in [0.25, 0.3) is 11.1 Å². The SMILES string of the molecule is CC(C)(O)C(=O)N1CC2(CC2)[C@H](NS(C)(=O)=O)[C@@H]1Cc1cccc(-c2cccc(F)c2)c1F. The first kappa shape index (κ1) is 23.8. The summed E-state index contributed by atoms with van der Waals surface area (Å²) in [5.41, 5.74) is -1.19. The van der Waals surface area contributed by atoms with E-state index in [2.05, 4.69) is 4.72 Å². The number of hydrogen-bond acceptors (Lipinski definition) is 4. The molecule has 2 N–H and O–H groups in total. The van der Waals surface area contributed by atoms with Crippen molar-refractivity contribution in [3.05, 3.63) is 59.7 Å². The number of halogens is 2. The van der Waals surface area contributed by atoms with E-state index in [1.54, 1.807) is 24.3 Å². The van der Waals surface area contributed by atoms with E-state index in [4.69, 9.17) is 0 Å². The molecule has 1 aliphatic heterocycles. The molecule has 2 aliphatic rings. The van der Waals surface area contributed by atoms with Gasteiger partial charge in [0.1, 0.15) is 17.2 Å². The van der Waals surface area contributed by atoms with Gasteiger partial charge in [0.25, 0.3) is 5.91 Å². The smallest absolute Gasteiger partial charge is 0.254 e. The normalized spacial score (nSPS) is 22.1. The Morgan fingerprint density at radius 1 is 1.21 bits per heavy atom. The number of hydrogen-bond donors (Lipinski definition) is 2. The van der Waals surface area contributed by atoms with Gasteiger partial charge in [-0.3, -0.25) is 4.79 Å². The minimum absolute atomic E-state index is 0.0474. The first-order valence-corrected chi connectivity index (χ1v) is 12.7. The first-order valence-electron chi connectivity index (χ1n) is 10.8. The van der Waals surface area contributed by atoms with Crippen molar-refractivity contribution in [1.29, 1.82) is 0 Å². The molecule has 1 heterocycles. The predicted molar refractivity (Wildman–Crippen MR) is 121 cm³/mol. The molecular weight excluding hydrogens is 450 g/mol. The Bertz CT molecular complexity index is 1190. The van der Waals surface area contributed by atoms with Crippen molar-refractivity contribution in [2.75, 3.05) is 12.8 Å². The number of sulfonamides is 1. The van der Waals surface area contributed by atoms with Gasteiger partial charge in [0.05, 0.1) is 12.3 Å². The highest BCUT2D eigenvalue weighted by molar-refractivity contribution is 7.88. The van der Waals surface area contributed by atoms with Crippen molar-refractivity contribution in [3.8, 4) is 11.1 Å². The molecule has 2 fully saturated rings. The third-order valence-corrected chi connectivity index (χ3v) is 7.27. The van der Waals surface area contributed by atoms with Crippen LogP contribution in [0, 0.1) is 17.0 Å². The Labute approximate surface area is 192 Å². The molecule has 2 atom stereocenters. The molecule has 1 amide bonds. The zero-order valence-corrected chi connectivity index (χ0v) is 19.6. The first-order chi connectivity index (χ1) is 15.3. The van der Waals surface area contributed by atoms with Crippen LogP contribution in [0.5, 0.6) is 0 Å². The molecule has 9 heteroatoms. The summed E-state index contributed by atoms with van der Waals surface area (Å²) in [7, 11) is -3.60. The van der Waals surface area contributed by atoms with E-state index in [0.29, 0.717) is 12.1 Å². The molecule has 0 unspecified atom stereocenters. The number of rotatable bonds is 6. The van der Waals surface area contributed by atoms with Gasteiger partial charge in [-0.2, -0.15) is 0 Å². The lowest BCUT2D eigenvalue weighted by Gasteiger charge is -2.32. The van der Waals surface area contributed by atoms with Gasteiger partial charge in [-0.1, -0.05) is 30.3 Å². The average molecular weight is 479 g/mol. The summed E-state index contributed by atoms with van der Waals surface area (Å²) < 4.78 is 56.2. The monoisotopic (exact) mass is 478 g/mol. The topological polar surface area (TPSA) is 86.7 Å². The summed E-state index contributed by atoms with van der Waals surface area (Å²) in [4.78, 5) is 14.6. The van der Waals surface area contributed by atoms with Crippen LogP contribution in [0.1, 0.15) is 32.3 Å². The lowest BCUT2D eigenvalue weighted by atomic mass is 9.91. The third kappa shape index (κ3) is 4.81. The molecule has 4 rings (SSSR count). The zero-order valence-electron chi connectivity index (χ0n) is 18.8. The van der Waals surface area contributed by atoms with Crippen molar-refractivity contribution in [1.82, 2.24) is 9.62 Å².